The molecule has 0 aliphatic rings. The van der Waals surface area contributed by atoms with E-state index in [9.17, 15) is 28.0 Å². The highest BCUT2D eigenvalue weighted by atomic mass is 35.5. The Bertz CT molecular complexity index is 1320. The average molecular weight is 503 g/mol. The monoisotopic (exact) mass is 502 g/mol. The summed E-state index contributed by atoms with van der Waals surface area (Å²) in [4.78, 5) is 28.8. The number of aliphatic carboxylic acids is 1. The summed E-state index contributed by atoms with van der Waals surface area (Å²) in [6.45, 7) is 0.150. The molecule has 1 amide bonds. The molecule has 0 saturated carbocycles. The number of carbonyl (C=O) groups excluding carboxylic acids is 1. The third-order valence-electron chi connectivity index (χ3n) is 5.04. The molecular formula is C24H18ClF3N4O3. The van der Waals surface area contributed by atoms with E-state index in [0.29, 0.717) is 17.4 Å². The minimum absolute atomic E-state index is 0.0542. The van der Waals surface area contributed by atoms with Gasteiger partial charge in [0.05, 0.1) is 29.4 Å². The Balaban J connectivity index is 1.96. The van der Waals surface area contributed by atoms with Gasteiger partial charge in [-0.3, -0.25) is 14.6 Å². The Kier molecular flexibility index (Phi) is 7.62. The molecule has 0 bridgehead atoms. The van der Waals surface area contributed by atoms with Crippen molar-refractivity contribution in [2.45, 2.75) is 12.6 Å². The van der Waals surface area contributed by atoms with E-state index in [2.05, 4.69) is 10.3 Å². The number of benzene rings is 2. The number of halogens is 4. The van der Waals surface area contributed by atoms with Crippen molar-refractivity contribution >= 4 is 34.9 Å². The highest BCUT2D eigenvalue weighted by molar-refractivity contribution is 6.33. The number of aromatic nitrogens is 1. The number of amides is 1. The van der Waals surface area contributed by atoms with Crippen molar-refractivity contribution in [1.82, 2.24) is 4.98 Å². The van der Waals surface area contributed by atoms with Gasteiger partial charge < -0.3 is 15.3 Å². The Morgan fingerprint density at radius 3 is 2.54 bits per heavy atom. The smallest absolute Gasteiger partial charge is 0.433 e. The number of nitrogens with one attached hydrogen (secondary N) is 1. The van der Waals surface area contributed by atoms with Gasteiger partial charge in [-0.2, -0.15) is 18.4 Å². The zero-order valence-corrected chi connectivity index (χ0v) is 19.0. The van der Waals surface area contributed by atoms with Crippen molar-refractivity contribution in [2.24, 2.45) is 0 Å². The van der Waals surface area contributed by atoms with Crippen molar-refractivity contribution in [3.63, 3.8) is 0 Å². The van der Waals surface area contributed by atoms with Crippen LogP contribution in [0.15, 0.2) is 54.7 Å². The minimum Gasteiger partial charge on any atom is -0.481 e. The van der Waals surface area contributed by atoms with Gasteiger partial charge in [0.15, 0.2) is 0 Å². The van der Waals surface area contributed by atoms with Gasteiger partial charge in [-0.1, -0.05) is 23.7 Å². The predicted molar refractivity (Wildman–Crippen MR) is 124 cm³/mol. The first-order chi connectivity index (χ1) is 16.5. The second kappa shape index (κ2) is 10.4. The predicted octanol–water partition coefficient (Wildman–Crippen LogP) is 5.46. The van der Waals surface area contributed by atoms with Crippen LogP contribution < -0.4 is 10.2 Å². The molecule has 180 valence electrons. The number of alkyl halides is 3. The van der Waals surface area contributed by atoms with Crippen LogP contribution in [0.1, 0.15) is 28.0 Å². The number of nitrogens with zero attached hydrogens (tertiary/aromatic N) is 3. The van der Waals surface area contributed by atoms with Crippen molar-refractivity contribution in [2.75, 3.05) is 23.8 Å². The quantitative estimate of drug-likeness (QED) is 0.444. The highest BCUT2D eigenvalue weighted by Gasteiger charge is 2.33. The van der Waals surface area contributed by atoms with Gasteiger partial charge in [0.2, 0.25) is 0 Å². The summed E-state index contributed by atoms with van der Waals surface area (Å²) in [5.41, 5.74) is -0.0926. The summed E-state index contributed by atoms with van der Waals surface area (Å²) in [5.74, 6) is -1.43. The molecule has 0 atom stereocenters. The van der Waals surface area contributed by atoms with Gasteiger partial charge in [-0.05, 0) is 36.4 Å². The first-order valence-electron chi connectivity index (χ1n) is 10.1. The van der Waals surface area contributed by atoms with E-state index in [0.717, 1.165) is 6.20 Å². The number of nitriles is 1. The number of pyridine rings is 1. The number of para-hydroxylation sites is 2. The number of carboxylic acids is 1. The van der Waals surface area contributed by atoms with Crippen LogP contribution in [0.5, 0.6) is 0 Å². The van der Waals surface area contributed by atoms with Crippen LogP contribution in [-0.2, 0) is 11.0 Å². The van der Waals surface area contributed by atoms with Crippen molar-refractivity contribution < 1.29 is 27.9 Å². The lowest BCUT2D eigenvalue weighted by atomic mass is 9.99. The summed E-state index contributed by atoms with van der Waals surface area (Å²) < 4.78 is 39.0. The summed E-state index contributed by atoms with van der Waals surface area (Å²) >= 11 is 6.26. The number of carbonyl (C=O) groups is 2. The van der Waals surface area contributed by atoms with E-state index >= 15 is 0 Å². The maximum Gasteiger partial charge on any atom is 0.433 e. The molecule has 0 radical (unpaired) electrons. The summed E-state index contributed by atoms with van der Waals surface area (Å²) in [6.07, 6.45) is -3.93. The van der Waals surface area contributed by atoms with Gasteiger partial charge in [0, 0.05) is 41.5 Å². The second-order valence-corrected chi connectivity index (χ2v) is 7.78. The normalized spacial score (nSPS) is 11.0. The molecule has 3 aromatic rings. The minimum atomic E-state index is -4.72. The van der Waals surface area contributed by atoms with E-state index in [4.69, 9.17) is 16.7 Å². The average Bonchev–Trinajstić information content (AvgIpc) is 2.82. The molecule has 1 aromatic heterocycles. The molecule has 3 rings (SSSR count). The lowest BCUT2D eigenvalue weighted by molar-refractivity contribution is -0.141. The molecule has 0 aliphatic carbocycles. The Hall–Kier alpha value is -4.10. The number of hydrogen-bond acceptors (Lipinski definition) is 5. The molecule has 0 aliphatic heterocycles. The second-order valence-electron chi connectivity index (χ2n) is 7.37. The third kappa shape index (κ3) is 5.88. The van der Waals surface area contributed by atoms with Crippen molar-refractivity contribution in [3.8, 4) is 17.2 Å². The standard InChI is InChI=1S/C24H18ClF3N4O3/c1-32(20-5-3-2-4-19(20)30-9-8-22(33)34)23(35)14-6-7-18(25)16(10-14)17-13-31-21(24(26,27)28)11-15(17)12-29/h2-7,10-11,13,30H,8-9H2,1H3,(H,33,34). The largest absolute Gasteiger partial charge is 0.481 e. The Labute approximate surface area is 203 Å². The molecule has 11 heteroatoms. The van der Waals surface area contributed by atoms with Gasteiger partial charge in [-0.15, -0.1) is 0 Å². The number of carboxylic acid groups (broad SMARTS) is 1. The fourth-order valence-corrected chi connectivity index (χ4v) is 3.52. The molecule has 0 saturated heterocycles. The van der Waals surface area contributed by atoms with Crippen molar-refractivity contribution in [1.29, 1.82) is 5.26 Å². The fourth-order valence-electron chi connectivity index (χ4n) is 3.30. The molecule has 2 N–H and O–H groups in total. The number of rotatable bonds is 7. The zero-order valence-electron chi connectivity index (χ0n) is 18.2. The molecule has 1 heterocycles. The van der Waals surface area contributed by atoms with Crippen LogP contribution in [0.4, 0.5) is 24.5 Å². The summed E-state index contributed by atoms with van der Waals surface area (Å²) in [5, 5.41) is 21.4. The Morgan fingerprint density at radius 1 is 1.17 bits per heavy atom. The maximum absolute atomic E-state index is 13.2. The first-order valence-corrected chi connectivity index (χ1v) is 10.5. The molecular weight excluding hydrogens is 485 g/mol. The van der Waals surface area contributed by atoms with Gasteiger partial charge in [-0.25, -0.2) is 0 Å². The molecule has 2 aromatic carbocycles. The number of anilines is 2. The van der Waals surface area contributed by atoms with Crippen LogP contribution in [0, 0.1) is 11.3 Å². The van der Waals surface area contributed by atoms with E-state index in [1.807, 2.05) is 0 Å². The Morgan fingerprint density at radius 2 is 1.89 bits per heavy atom. The first kappa shape index (κ1) is 25.5. The SMILES string of the molecule is CN(C(=O)c1ccc(Cl)c(-c2cnc(C(F)(F)F)cc2C#N)c1)c1ccccc1NCCC(=O)O. The van der Waals surface area contributed by atoms with Gasteiger partial charge in [0.25, 0.3) is 5.91 Å². The van der Waals surface area contributed by atoms with Crippen molar-refractivity contribution in [3.05, 3.63) is 76.6 Å². The van der Waals surface area contributed by atoms with Crippen LogP contribution in [0.25, 0.3) is 11.1 Å². The van der Waals surface area contributed by atoms with Crippen LogP contribution in [0.2, 0.25) is 5.02 Å². The molecule has 35 heavy (non-hydrogen) atoms. The summed E-state index contributed by atoms with van der Waals surface area (Å²) in [6, 6.07) is 13.4. The van der Waals surface area contributed by atoms with Gasteiger partial charge in [0.1, 0.15) is 5.69 Å². The lowest BCUT2D eigenvalue weighted by Gasteiger charge is -2.22. The van der Waals surface area contributed by atoms with Crippen LogP contribution in [0.3, 0.4) is 0 Å². The number of hydrogen-bond donors (Lipinski definition) is 2. The van der Waals surface area contributed by atoms with E-state index in [-0.39, 0.29) is 40.2 Å². The zero-order chi connectivity index (χ0) is 25.8. The van der Waals surface area contributed by atoms with E-state index in [1.54, 1.807) is 30.3 Å². The topological polar surface area (TPSA) is 106 Å². The molecule has 0 spiro atoms. The summed E-state index contributed by atoms with van der Waals surface area (Å²) in [7, 11) is 1.52. The van der Waals surface area contributed by atoms with Gasteiger partial charge >= 0.3 is 12.1 Å². The molecule has 0 fully saturated rings. The van der Waals surface area contributed by atoms with Crippen LogP contribution >= 0.6 is 11.6 Å². The maximum atomic E-state index is 13.2. The van der Waals surface area contributed by atoms with E-state index in [1.165, 1.54) is 30.1 Å². The third-order valence-corrected chi connectivity index (χ3v) is 5.37. The lowest BCUT2D eigenvalue weighted by Crippen LogP contribution is -2.27. The fraction of sp³-hybridized carbons (Fsp3) is 0.167. The molecule has 0 unspecified atom stereocenters. The highest BCUT2D eigenvalue weighted by Crippen LogP contribution is 2.35. The molecule has 7 nitrogen and oxygen atoms in total. The van der Waals surface area contributed by atoms with E-state index < -0.39 is 23.7 Å². The van der Waals surface area contributed by atoms with Crippen LogP contribution in [-0.4, -0.2) is 35.6 Å².